The van der Waals surface area contributed by atoms with E-state index in [4.69, 9.17) is 28.4 Å². The Kier molecular flexibility index (Phi) is 12.2. The highest BCUT2D eigenvalue weighted by atomic mass is 16.7. The minimum absolute atomic E-state index is 0.130. The molecule has 2 unspecified atom stereocenters. The Bertz CT molecular complexity index is 1790. The zero-order chi connectivity index (χ0) is 38.8. The maximum absolute atomic E-state index is 7.40. The summed E-state index contributed by atoms with van der Waals surface area (Å²) in [6.07, 6.45) is -1.13. The predicted octanol–water partition coefficient (Wildman–Crippen LogP) is 12.1. The molecule has 0 aliphatic rings. The monoisotopic (exact) mass is 710 g/mol. The first-order valence-corrected chi connectivity index (χ1v) is 18.2. The fourth-order valence-electron chi connectivity index (χ4n) is 6.19. The third-order valence-corrected chi connectivity index (χ3v) is 9.50. The zero-order valence-corrected chi connectivity index (χ0v) is 34.5. The van der Waals surface area contributed by atoms with Crippen LogP contribution < -0.4 is 18.9 Å². The molecule has 0 aliphatic heterocycles. The van der Waals surface area contributed by atoms with Crippen LogP contribution in [0.3, 0.4) is 0 Å². The van der Waals surface area contributed by atoms with Crippen molar-refractivity contribution in [2.75, 3.05) is 28.4 Å². The second-order valence-corrected chi connectivity index (χ2v) is 17.7. The molecule has 0 fully saturated rings. The predicted molar refractivity (Wildman–Crippen MR) is 213 cm³/mol. The molecular formula is C46H62O6. The third kappa shape index (κ3) is 9.31. The summed E-state index contributed by atoms with van der Waals surface area (Å²) in [5.74, 6) is 3.55. The highest BCUT2D eigenvalue weighted by molar-refractivity contribution is 5.59. The normalized spacial score (nSPS) is 13.8. The van der Waals surface area contributed by atoms with Crippen LogP contribution in [0.25, 0.3) is 0 Å². The zero-order valence-electron chi connectivity index (χ0n) is 34.5. The summed E-state index contributed by atoms with van der Waals surface area (Å²) >= 11 is 0. The lowest BCUT2D eigenvalue weighted by atomic mass is 9.77. The van der Waals surface area contributed by atoms with E-state index >= 15 is 0 Å². The van der Waals surface area contributed by atoms with Crippen molar-refractivity contribution in [1.82, 2.24) is 0 Å². The number of ether oxygens (including phenoxy) is 6. The first kappa shape index (κ1) is 40.8. The molecule has 0 saturated heterocycles. The van der Waals surface area contributed by atoms with Crippen molar-refractivity contribution in [1.29, 1.82) is 0 Å². The smallest absolute Gasteiger partial charge is 0.226 e. The van der Waals surface area contributed by atoms with Crippen molar-refractivity contribution in [2.45, 2.75) is 117 Å². The Morgan fingerprint density at radius 3 is 1.31 bits per heavy atom. The SMILES string of the molecule is COc1ccc(C(OC)Oc2c(Oc3c(C(OC)c4ccc(OC)cc4)cc(C(C)(C)C)cc3C(C)(C)C)cc(C(C)(C)C)cc2C(C)(C)C)cc1. The van der Waals surface area contributed by atoms with Crippen LogP contribution in [-0.4, -0.2) is 28.4 Å². The molecule has 0 saturated carbocycles. The van der Waals surface area contributed by atoms with Crippen LogP contribution in [0.2, 0.25) is 0 Å². The highest BCUT2D eigenvalue weighted by Gasteiger charge is 2.34. The van der Waals surface area contributed by atoms with Gasteiger partial charge in [-0.2, -0.15) is 0 Å². The Morgan fingerprint density at radius 2 is 0.904 bits per heavy atom. The Morgan fingerprint density at radius 1 is 0.462 bits per heavy atom. The molecule has 52 heavy (non-hydrogen) atoms. The molecule has 6 heteroatoms. The fourth-order valence-corrected chi connectivity index (χ4v) is 6.19. The van der Waals surface area contributed by atoms with Gasteiger partial charge in [0.1, 0.15) is 23.4 Å². The molecule has 2 atom stereocenters. The maximum Gasteiger partial charge on any atom is 0.226 e. The maximum atomic E-state index is 7.40. The summed E-state index contributed by atoms with van der Waals surface area (Å²) in [6, 6.07) is 24.8. The van der Waals surface area contributed by atoms with Gasteiger partial charge in [0.2, 0.25) is 6.29 Å². The van der Waals surface area contributed by atoms with E-state index in [0.29, 0.717) is 11.5 Å². The van der Waals surface area contributed by atoms with Crippen molar-refractivity contribution < 1.29 is 28.4 Å². The summed E-state index contributed by atoms with van der Waals surface area (Å²) in [4.78, 5) is 0. The average molecular weight is 711 g/mol. The van der Waals surface area contributed by atoms with Crippen molar-refractivity contribution in [3.63, 3.8) is 0 Å². The summed E-state index contributed by atoms with van der Waals surface area (Å²) in [5, 5.41) is 0. The molecule has 0 heterocycles. The molecule has 0 bridgehead atoms. The van der Waals surface area contributed by atoms with Crippen LogP contribution in [0.4, 0.5) is 0 Å². The number of methoxy groups -OCH3 is 4. The van der Waals surface area contributed by atoms with Gasteiger partial charge >= 0.3 is 0 Å². The van der Waals surface area contributed by atoms with Gasteiger partial charge in [0.05, 0.1) is 14.2 Å². The number of hydrogen-bond acceptors (Lipinski definition) is 6. The van der Waals surface area contributed by atoms with Crippen molar-refractivity contribution in [3.8, 4) is 28.7 Å². The number of benzene rings is 4. The second kappa shape index (κ2) is 15.5. The topological polar surface area (TPSA) is 55.4 Å². The van der Waals surface area contributed by atoms with Gasteiger partial charge in [-0.15, -0.1) is 0 Å². The lowest BCUT2D eigenvalue weighted by Crippen LogP contribution is -2.22. The number of hydrogen-bond donors (Lipinski definition) is 0. The van der Waals surface area contributed by atoms with Gasteiger partial charge in [0, 0.05) is 36.5 Å². The van der Waals surface area contributed by atoms with Crippen LogP contribution in [0.5, 0.6) is 28.7 Å². The van der Waals surface area contributed by atoms with Gasteiger partial charge in [-0.25, -0.2) is 0 Å². The lowest BCUT2D eigenvalue weighted by molar-refractivity contribution is -0.0582. The first-order valence-electron chi connectivity index (χ1n) is 18.2. The Labute approximate surface area is 313 Å². The third-order valence-electron chi connectivity index (χ3n) is 9.50. The van der Waals surface area contributed by atoms with E-state index in [1.165, 1.54) is 5.56 Å². The van der Waals surface area contributed by atoms with Gasteiger partial charge in [0.15, 0.2) is 11.5 Å². The molecule has 0 aliphatic carbocycles. The second-order valence-electron chi connectivity index (χ2n) is 17.7. The lowest BCUT2D eigenvalue weighted by Gasteiger charge is -2.33. The Hall–Kier alpha value is -4.00. The van der Waals surface area contributed by atoms with Crippen LogP contribution in [-0.2, 0) is 31.1 Å². The molecule has 0 amide bonds. The average Bonchev–Trinajstić information content (AvgIpc) is 3.06. The van der Waals surface area contributed by atoms with Gasteiger partial charge in [-0.05, 0) is 86.9 Å². The molecule has 282 valence electrons. The van der Waals surface area contributed by atoms with E-state index in [9.17, 15) is 0 Å². The van der Waals surface area contributed by atoms with E-state index in [1.807, 2.05) is 36.4 Å². The van der Waals surface area contributed by atoms with Crippen LogP contribution >= 0.6 is 0 Å². The molecular weight excluding hydrogens is 649 g/mol. The standard InChI is InChI=1S/C46H62O6/c1-43(2,3)31-25-35(39(49-15)29-17-21-33(47-13)22-18-29)40(36(26-31)45(7,8)9)51-38-28-32(44(4,5)6)27-37(46(10,11)12)41(38)52-42(50-16)30-19-23-34(48-14)24-20-30/h17-28,39,42H,1-16H3. The van der Waals surface area contributed by atoms with Crippen LogP contribution in [0.15, 0.2) is 72.8 Å². The molecule has 4 aromatic rings. The molecule has 4 rings (SSSR count). The first-order chi connectivity index (χ1) is 24.1. The van der Waals surface area contributed by atoms with E-state index in [1.54, 1.807) is 28.4 Å². The summed E-state index contributed by atoms with van der Waals surface area (Å²) in [5.41, 5.74) is 6.36. The van der Waals surface area contributed by atoms with Gasteiger partial charge in [0.25, 0.3) is 0 Å². The fraction of sp³-hybridized carbons (Fsp3) is 0.478. The van der Waals surface area contributed by atoms with E-state index in [2.05, 4.69) is 119 Å². The quantitative estimate of drug-likeness (QED) is 0.144. The van der Waals surface area contributed by atoms with E-state index in [0.717, 1.165) is 50.6 Å². The minimum Gasteiger partial charge on any atom is -0.497 e. The number of rotatable bonds is 11. The molecule has 4 aromatic carbocycles. The molecule has 0 spiro atoms. The summed E-state index contributed by atoms with van der Waals surface area (Å²) < 4.78 is 37.7. The largest absolute Gasteiger partial charge is 0.497 e. The van der Waals surface area contributed by atoms with Crippen molar-refractivity contribution >= 4 is 0 Å². The molecule has 0 radical (unpaired) electrons. The van der Waals surface area contributed by atoms with Gasteiger partial charge in [-0.1, -0.05) is 107 Å². The molecule has 0 aromatic heterocycles. The van der Waals surface area contributed by atoms with Crippen LogP contribution in [0.1, 0.15) is 134 Å². The van der Waals surface area contributed by atoms with Gasteiger partial charge < -0.3 is 28.4 Å². The Balaban J connectivity index is 2.09. The minimum atomic E-state index is -0.703. The van der Waals surface area contributed by atoms with E-state index < -0.39 is 12.4 Å². The highest BCUT2D eigenvalue weighted by Crippen LogP contribution is 2.50. The summed E-state index contributed by atoms with van der Waals surface area (Å²) in [6.45, 7) is 26.7. The molecule has 6 nitrogen and oxygen atoms in total. The summed E-state index contributed by atoms with van der Waals surface area (Å²) in [7, 11) is 6.75. The van der Waals surface area contributed by atoms with E-state index in [-0.39, 0.29) is 21.7 Å². The molecule has 0 N–H and O–H groups in total. The van der Waals surface area contributed by atoms with Crippen molar-refractivity contribution in [2.24, 2.45) is 0 Å². The van der Waals surface area contributed by atoms with Gasteiger partial charge in [-0.3, -0.25) is 0 Å². The van der Waals surface area contributed by atoms with Crippen molar-refractivity contribution in [3.05, 3.63) is 112 Å². The van der Waals surface area contributed by atoms with Crippen LogP contribution in [0, 0.1) is 0 Å².